The number of likely N-dealkylation sites (N-methyl/N-ethyl adjacent to an activating group) is 1. The molecule has 1 atom stereocenters. The van der Waals surface area contributed by atoms with E-state index in [0.717, 1.165) is 23.4 Å². The van der Waals surface area contributed by atoms with E-state index in [0.29, 0.717) is 6.04 Å². The Morgan fingerprint density at radius 2 is 2.33 bits per heavy atom. The fourth-order valence-electron chi connectivity index (χ4n) is 2.84. The Morgan fingerprint density at radius 3 is 3.17 bits per heavy atom. The molecular formula is C14H20N4. The van der Waals surface area contributed by atoms with E-state index in [1.165, 1.54) is 25.8 Å². The molecule has 1 aliphatic rings. The van der Waals surface area contributed by atoms with Gasteiger partial charge in [0.15, 0.2) is 0 Å². The summed E-state index contributed by atoms with van der Waals surface area (Å²) in [5.41, 5.74) is 7.67. The van der Waals surface area contributed by atoms with Gasteiger partial charge in [0.1, 0.15) is 5.82 Å². The van der Waals surface area contributed by atoms with Crippen molar-refractivity contribution in [3.63, 3.8) is 0 Å². The average Bonchev–Trinajstić information content (AvgIpc) is 2.74. The second kappa shape index (κ2) is 4.61. The van der Waals surface area contributed by atoms with Gasteiger partial charge in [-0.3, -0.25) is 0 Å². The van der Waals surface area contributed by atoms with E-state index in [-0.39, 0.29) is 0 Å². The minimum atomic E-state index is 0.627. The molecule has 2 aromatic rings. The highest BCUT2D eigenvalue weighted by Gasteiger charge is 2.20. The number of nitrogens with zero attached hydrogens (tertiary/aromatic N) is 3. The number of likely N-dealkylation sites (tertiary alicyclic amines) is 1. The fourth-order valence-corrected chi connectivity index (χ4v) is 2.84. The molecule has 1 aliphatic heterocycles. The number of anilines is 1. The largest absolute Gasteiger partial charge is 0.399 e. The minimum absolute atomic E-state index is 0.627. The van der Waals surface area contributed by atoms with Gasteiger partial charge in [-0.25, -0.2) is 4.98 Å². The van der Waals surface area contributed by atoms with Crippen LogP contribution < -0.4 is 5.73 Å². The first kappa shape index (κ1) is 11.5. The van der Waals surface area contributed by atoms with Crippen LogP contribution in [-0.4, -0.2) is 33.9 Å². The molecule has 4 heteroatoms. The summed E-state index contributed by atoms with van der Waals surface area (Å²) in [4.78, 5) is 7.01. The summed E-state index contributed by atoms with van der Waals surface area (Å²) in [6.45, 7) is 1.21. The number of hydrogen-bond donors (Lipinski definition) is 1. The van der Waals surface area contributed by atoms with Crippen LogP contribution in [0.3, 0.4) is 0 Å². The molecule has 1 saturated heterocycles. The number of fused-ring (bicyclic) bond motifs is 1. The first-order valence-electron chi connectivity index (χ1n) is 6.66. The summed E-state index contributed by atoms with van der Waals surface area (Å²) in [5.74, 6) is 1.14. The predicted octanol–water partition coefficient (Wildman–Crippen LogP) is 1.94. The average molecular weight is 244 g/mol. The molecule has 4 nitrogen and oxygen atoms in total. The molecule has 0 spiro atoms. The Labute approximate surface area is 107 Å². The number of aromatic nitrogens is 2. The molecule has 96 valence electrons. The molecule has 0 radical (unpaired) electrons. The number of piperidine rings is 1. The Morgan fingerprint density at radius 1 is 1.44 bits per heavy atom. The van der Waals surface area contributed by atoms with Crippen LogP contribution in [0.15, 0.2) is 24.5 Å². The molecule has 1 unspecified atom stereocenters. The van der Waals surface area contributed by atoms with Gasteiger partial charge < -0.3 is 15.0 Å². The van der Waals surface area contributed by atoms with E-state index >= 15 is 0 Å². The Balaban J connectivity index is 1.86. The predicted molar refractivity (Wildman–Crippen MR) is 73.6 cm³/mol. The van der Waals surface area contributed by atoms with Crippen molar-refractivity contribution in [1.82, 2.24) is 14.3 Å². The lowest BCUT2D eigenvalue weighted by atomic mass is 10.00. The van der Waals surface area contributed by atoms with Gasteiger partial charge in [0, 0.05) is 24.3 Å². The molecule has 3 rings (SSSR count). The zero-order chi connectivity index (χ0) is 12.5. The van der Waals surface area contributed by atoms with Crippen molar-refractivity contribution >= 4 is 11.2 Å². The number of hydrogen-bond acceptors (Lipinski definition) is 3. The smallest absolute Gasteiger partial charge is 0.114 e. The van der Waals surface area contributed by atoms with E-state index in [1.807, 2.05) is 24.5 Å². The van der Waals surface area contributed by atoms with Crippen LogP contribution in [0.5, 0.6) is 0 Å². The summed E-state index contributed by atoms with van der Waals surface area (Å²) in [6.07, 6.45) is 8.90. The third kappa shape index (κ3) is 2.08. The van der Waals surface area contributed by atoms with Gasteiger partial charge in [-0.05, 0) is 38.6 Å². The van der Waals surface area contributed by atoms with Crippen LogP contribution in [-0.2, 0) is 6.42 Å². The van der Waals surface area contributed by atoms with Crippen molar-refractivity contribution in [2.75, 3.05) is 19.3 Å². The van der Waals surface area contributed by atoms with Gasteiger partial charge in [0.25, 0.3) is 0 Å². The Bertz CT molecular complexity index is 546. The maximum atomic E-state index is 5.79. The quantitative estimate of drug-likeness (QED) is 0.878. The first-order chi connectivity index (χ1) is 8.74. The standard InChI is InChI=1S/C14H20N4/c1-17-6-3-2-4-12(17)9-14-16-10-13-8-11(15)5-7-18(13)14/h5,7-8,10,12H,2-4,6,9,15H2,1H3. The van der Waals surface area contributed by atoms with Crippen LogP contribution in [0, 0.1) is 0 Å². The molecule has 0 aliphatic carbocycles. The van der Waals surface area contributed by atoms with E-state index in [2.05, 4.69) is 21.3 Å². The molecule has 0 amide bonds. The van der Waals surface area contributed by atoms with Crippen molar-refractivity contribution in [3.05, 3.63) is 30.4 Å². The van der Waals surface area contributed by atoms with Gasteiger partial charge in [0.2, 0.25) is 0 Å². The molecule has 0 saturated carbocycles. The second-order valence-electron chi connectivity index (χ2n) is 5.26. The summed E-state index contributed by atoms with van der Waals surface area (Å²) in [7, 11) is 2.22. The monoisotopic (exact) mass is 244 g/mol. The normalized spacial score (nSPS) is 21.5. The van der Waals surface area contributed by atoms with E-state index in [9.17, 15) is 0 Å². The third-order valence-electron chi connectivity index (χ3n) is 3.97. The van der Waals surface area contributed by atoms with Crippen LogP contribution in [0.2, 0.25) is 0 Å². The zero-order valence-electron chi connectivity index (χ0n) is 10.8. The molecular weight excluding hydrogens is 224 g/mol. The van der Waals surface area contributed by atoms with Crippen molar-refractivity contribution in [2.24, 2.45) is 0 Å². The summed E-state index contributed by atoms with van der Waals surface area (Å²) in [6, 6.07) is 4.53. The molecule has 0 aromatic carbocycles. The number of pyridine rings is 1. The molecule has 2 aromatic heterocycles. The maximum absolute atomic E-state index is 5.79. The zero-order valence-corrected chi connectivity index (χ0v) is 10.8. The summed E-state index contributed by atoms with van der Waals surface area (Å²) >= 11 is 0. The number of nitrogen functional groups attached to an aromatic ring is 1. The number of nitrogens with two attached hydrogens (primary N) is 1. The lowest BCUT2D eigenvalue weighted by Gasteiger charge is -2.32. The molecule has 2 N–H and O–H groups in total. The molecule has 1 fully saturated rings. The SMILES string of the molecule is CN1CCCCC1Cc1ncc2cc(N)ccn12. The lowest BCUT2D eigenvalue weighted by Crippen LogP contribution is -2.38. The van der Waals surface area contributed by atoms with E-state index < -0.39 is 0 Å². The topological polar surface area (TPSA) is 46.6 Å². The number of imidazole rings is 1. The molecule has 3 heterocycles. The maximum Gasteiger partial charge on any atom is 0.114 e. The van der Waals surface area contributed by atoms with Crippen molar-refractivity contribution in [1.29, 1.82) is 0 Å². The second-order valence-corrected chi connectivity index (χ2v) is 5.26. The van der Waals surface area contributed by atoms with Crippen LogP contribution in [0.4, 0.5) is 5.69 Å². The van der Waals surface area contributed by atoms with Gasteiger partial charge >= 0.3 is 0 Å². The minimum Gasteiger partial charge on any atom is -0.399 e. The van der Waals surface area contributed by atoms with Crippen LogP contribution >= 0.6 is 0 Å². The van der Waals surface area contributed by atoms with Crippen molar-refractivity contribution in [2.45, 2.75) is 31.7 Å². The van der Waals surface area contributed by atoms with Crippen molar-refractivity contribution in [3.8, 4) is 0 Å². The van der Waals surface area contributed by atoms with Gasteiger partial charge in [0.05, 0.1) is 11.7 Å². The third-order valence-corrected chi connectivity index (χ3v) is 3.97. The van der Waals surface area contributed by atoms with Crippen molar-refractivity contribution < 1.29 is 0 Å². The van der Waals surface area contributed by atoms with E-state index in [1.54, 1.807) is 0 Å². The Hall–Kier alpha value is -1.55. The lowest BCUT2D eigenvalue weighted by molar-refractivity contribution is 0.182. The first-order valence-corrected chi connectivity index (χ1v) is 6.66. The number of rotatable bonds is 2. The van der Waals surface area contributed by atoms with Gasteiger partial charge in [-0.1, -0.05) is 6.42 Å². The Kier molecular flexibility index (Phi) is 2.96. The highest BCUT2D eigenvalue weighted by Crippen LogP contribution is 2.20. The molecule has 0 bridgehead atoms. The fraction of sp³-hybridized carbons (Fsp3) is 0.500. The summed E-state index contributed by atoms with van der Waals surface area (Å²) < 4.78 is 2.15. The van der Waals surface area contributed by atoms with Crippen LogP contribution in [0.1, 0.15) is 25.1 Å². The van der Waals surface area contributed by atoms with E-state index in [4.69, 9.17) is 5.73 Å². The van der Waals surface area contributed by atoms with Gasteiger partial charge in [-0.15, -0.1) is 0 Å². The highest BCUT2D eigenvalue weighted by molar-refractivity contribution is 5.55. The summed E-state index contributed by atoms with van der Waals surface area (Å²) in [5, 5.41) is 0. The van der Waals surface area contributed by atoms with Crippen LogP contribution in [0.25, 0.3) is 5.52 Å². The highest BCUT2D eigenvalue weighted by atomic mass is 15.1. The van der Waals surface area contributed by atoms with Gasteiger partial charge in [-0.2, -0.15) is 0 Å². The molecule has 18 heavy (non-hydrogen) atoms.